The number of thioether (sulfide) groups is 1. The molecule has 0 spiro atoms. The molecule has 1 N–H and O–H groups in total. The van der Waals surface area contributed by atoms with Crippen LogP contribution in [0.15, 0.2) is 59.5 Å². The summed E-state index contributed by atoms with van der Waals surface area (Å²) in [6.07, 6.45) is 1.81. The van der Waals surface area contributed by atoms with Crippen molar-refractivity contribution in [2.75, 3.05) is 14.2 Å². The van der Waals surface area contributed by atoms with Crippen LogP contribution >= 0.6 is 24.0 Å². The largest absolute Gasteiger partial charge is 0.493 e. The standard InChI is InChI=1S/C22H17NO3S2/c1-25-18-10-13(11-19-21(24)23-22(27)28-19)9-17(20(18)26-2)16-8-7-14-5-3-4-6-15(14)12-16/h3-12H,1-2H3,(H,23,24,27)/b19-11-. The third kappa shape index (κ3) is 3.48. The van der Waals surface area contributed by atoms with Crippen molar-refractivity contribution in [3.63, 3.8) is 0 Å². The summed E-state index contributed by atoms with van der Waals surface area (Å²) in [4.78, 5) is 12.6. The Bertz CT molecular complexity index is 1140. The third-order valence-electron chi connectivity index (χ3n) is 4.50. The molecule has 1 saturated heterocycles. The SMILES string of the molecule is COc1cc(/C=C2\SC(=S)NC2=O)cc(-c2ccc3ccccc3c2)c1OC. The van der Waals surface area contributed by atoms with Crippen molar-refractivity contribution in [1.82, 2.24) is 5.32 Å². The Morgan fingerprint density at radius 3 is 2.46 bits per heavy atom. The lowest BCUT2D eigenvalue weighted by molar-refractivity contribution is -0.115. The van der Waals surface area contributed by atoms with Crippen LogP contribution < -0.4 is 14.8 Å². The van der Waals surface area contributed by atoms with E-state index in [0.29, 0.717) is 20.7 Å². The van der Waals surface area contributed by atoms with Crippen molar-refractivity contribution in [2.24, 2.45) is 0 Å². The fraction of sp³-hybridized carbons (Fsp3) is 0.0909. The number of amides is 1. The summed E-state index contributed by atoms with van der Waals surface area (Å²) in [5.74, 6) is 1.07. The Balaban J connectivity index is 1.88. The number of fused-ring (bicyclic) bond motifs is 1. The minimum atomic E-state index is -0.183. The maximum atomic E-state index is 12.0. The predicted octanol–water partition coefficient (Wildman–Crippen LogP) is 5.01. The quantitative estimate of drug-likeness (QED) is 0.486. The summed E-state index contributed by atoms with van der Waals surface area (Å²) < 4.78 is 11.7. The fourth-order valence-corrected chi connectivity index (χ4v) is 4.26. The Morgan fingerprint density at radius 2 is 1.79 bits per heavy atom. The Hall–Kier alpha value is -2.83. The third-order valence-corrected chi connectivity index (χ3v) is 5.66. The minimum Gasteiger partial charge on any atom is -0.493 e. The molecule has 0 bridgehead atoms. The van der Waals surface area contributed by atoms with Gasteiger partial charge in [-0.25, -0.2) is 0 Å². The highest BCUT2D eigenvalue weighted by Gasteiger charge is 2.23. The number of nitrogens with one attached hydrogen (secondary N) is 1. The number of carbonyl (C=O) groups is 1. The highest BCUT2D eigenvalue weighted by molar-refractivity contribution is 8.26. The monoisotopic (exact) mass is 407 g/mol. The van der Waals surface area contributed by atoms with Gasteiger partial charge in [0.25, 0.3) is 5.91 Å². The van der Waals surface area contributed by atoms with Crippen LogP contribution in [-0.4, -0.2) is 24.4 Å². The maximum absolute atomic E-state index is 12.0. The summed E-state index contributed by atoms with van der Waals surface area (Å²) in [6.45, 7) is 0. The van der Waals surface area contributed by atoms with E-state index in [0.717, 1.165) is 22.1 Å². The predicted molar refractivity (Wildman–Crippen MR) is 119 cm³/mol. The maximum Gasteiger partial charge on any atom is 0.263 e. The molecule has 0 atom stereocenters. The van der Waals surface area contributed by atoms with E-state index in [4.69, 9.17) is 21.7 Å². The zero-order chi connectivity index (χ0) is 19.7. The molecule has 140 valence electrons. The molecule has 1 aliphatic rings. The van der Waals surface area contributed by atoms with E-state index < -0.39 is 0 Å². The van der Waals surface area contributed by atoms with Gasteiger partial charge in [0.05, 0.1) is 19.1 Å². The molecular formula is C22H17NO3S2. The molecule has 3 aromatic rings. The van der Waals surface area contributed by atoms with Crippen LogP contribution in [0.3, 0.4) is 0 Å². The first-order chi connectivity index (χ1) is 13.6. The van der Waals surface area contributed by atoms with Gasteiger partial charge in [-0.1, -0.05) is 60.4 Å². The van der Waals surface area contributed by atoms with Gasteiger partial charge in [0.15, 0.2) is 11.5 Å². The lowest BCUT2D eigenvalue weighted by Gasteiger charge is -2.15. The highest BCUT2D eigenvalue weighted by atomic mass is 32.2. The molecular weight excluding hydrogens is 390 g/mol. The van der Waals surface area contributed by atoms with Crippen molar-refractivity contribution in [3.8, 4) is 22.6 Å². The topological polar surface area (TPSA) is 47.6 Å². The summed E-state index contributed by atoms with van der Waals surface area (Å²) in [5, 5.41) is 4.95. The second-order valence-corrected chi connectivity index (χ2v) is 7.94. The first-order valence-electron chi connectivity index (χ1n) is 8.59. The molecule has 3 aromatic carbocycles. The summed E-state index contributed by atoms with van der Waals surface area (Å²) in [6, 6.07) is 18.3. The Labute approximate surface area is 172 Å². The number of carbonyl (C=O) groups excluding carboxylic acids is 1. The first-order valence-corrected chi connectivity index (χ1v) is 9.81. The molecule has 1 aliphatic heterocycles. The van der Waals surface area contributed by atoms with E-state index in [9.17, 15) is 4.79 Å². The Kier molecular flexibility index (Phi) is 5.07. The van der Waals surface area contributed by atoms with E-state index in [1.54, 1.807) is 14.2 Å². The normalized spacial score (nSPS) is 15.1. The van der Waals surface area contributed by atoms with Crippen LogP contribution in [0.5, 0.6) is 11.5 Å². The number of methoxy groups -OCH3 is 2. The zero-order valence-electron chi connectivity index (χ0n) is 15.3. The van der Waals surface area contributed by atoms with Crippen LogP contribution in [0.1, 0.15) is 5.56 Å². The number of hydrogen-bond donors (Lipinski definition) is 1. The van der Waals surface area contributed by atoms with Gasteiger partial charge in [0.1, 0.15) is 4.32 Å². The molecule has 0 aliphatic carbocycles. The molecule has 1 fully saturated rings. The van der Waals surface area contributed by atoms with Crippen molar-refractivity contribution in [3.05, 3.63) is 65.1 Å². The molecule has 0 saturated carbocycles. The molecule has 6 heteroatoms. The van der Waals surface area contributed by atoms with Crippen LogP contribution in [0.2, 0.25) is 0 Å². The first kappa shape index (κ1) is 18.5. The molecule has 0 aromatic heterocycles. The average molecular weight is 408 g/mol. The van der Waals surface area contributed by atoms with E-state index in [-0.39, 0.29) is 5.91 Å². The van der Waals surface area contributed by atoms with Gasteiger partial charge in [-0.3, -0.25) is 4.79 Å². The van der Waals surface area contributed by atoms with E-state index in [2.05, 4.69) is 35.6 Å². The van der Waals surface area contributed by atoms with Gasteiger partial charge < -0.3 is 14.8 Å². The lowest BCUT2D eigenvalue weighted by Crippen LogP contribution is -2.17. The van der Waals surface area contributed by atoms with Gasteiger partial charge in [-0.15, -0.1) is 0 Å². The van der Waals surface area contributed by atoms with Crippen LogP contribution in [0, 0.1) is 0 Å². The number of rotatable bonds is 4. The summed E-state index contributed by atoms with van der Waals surface area (Å²) in [5.41, 5.74) is 2.74. The van der Waals surface area contributed by atoms with Gasteiger partial charge in [-0.2, -0.15) is 0 Å². The highest BCUT2D eigenvalue weighted by Crippen LogP contribution is 2.41. The molecule has 28 heavy (non-hydrogen) atoms. The summed E-state index contributed by atoms with van der Waals surface area (Å²) in [7, 11) is 3.23. The fourth-order valence-electron chi connectivity index (χ4n) is 3.21. The average Bonchev–Trinajstić information content (AvgIpc) is 3.03. The van der Waals surface area contributed by atoms with Gasteiger partial charge in [0.2, 0.25) is 0 Å². The van der Waals surface area contributed by atoms with Crippen LogP contribution in [0.4, 0.5) is 0 Å². The second-order valence-electron chi connectivity index (χ2n) is 6.22. The van der Waals surface area contributed by atoms with E-state index in [1.807, 2.05) is 30.3 Å². The van der Waals surface area contributed by atoms with Crippen LogP contribution in [-0.2, 0) is 4.79 Å². The molecule has 4 nitrogen and oxygen atoms in total. The molecule has 0 radical (unpaired) electrons. The molecule has 4 rings (SSSR count). The van der Waals surface area contributed by atoms with Crippen molar-refractivity contribution in [2.45, 2.75) is 0 Å². The van der Waals surface area contributed by atoms with Crippen LogP contribution in [0.25, 0.3) is 28.0 Å². The molecule has 1 heterocycles. The minimum absolute atomic E-state index is 0.183. The smallest absolute Gasteiger partial charge is 0.263 e. The number of ether oxygens (including phenoxy) is 2. The van der Waals surface area contributed by atoms with E-state index >= 15 is 0 Å². The Morgan fingerprint density at radius 1 is 1.00 bits per heavy atom. The number of hydrogen-bond acceptors (Lipinski definition) is 5. The number of thiocarbonyl (C=S) groups is 1. The van der Waals surface area contributed by atoms with Crippen molar-refractivity contribution in [1.29, 1.82) is 0 Å². The van der Waals surface area contributed by atoms with Crippen molar-refractivity contribution < 1.29 is 14.3 Å². The van der Waals surface area contributed by atoms with Crippen molar-refractivity contribution >= 4 is 51.1 Å². The van der Waals surface area contributed by atoms with Gasteiger partial charge in [0, 0.05) is 5.56 Å². The van der Waals surface area contributed by atoms with E-state index in [1.165, 1.54) is 17.1 Å². The van der Waals surface area contributed by atoms with Gasteiger partial charge >= 0.3 is 0 Å². The summed E-state index contributed by atoms with van der Waals surface area (Å²) >= 11 is 6.33. The zero-order valence-corrected chi connectivity index (χ0v) is 16.9. The molecule has 0 unspecified atom stereocenters. The lowest BCUT2D eigenvalue weighted by atomic mass is 9.98. The number of benzene rings is 3. The molecule has 1 amide bonds. The second kappa shape index (κ2) is 7.66. The van der Waals surface area contributed by atoms with Gasteiger partial charge in [-0.05, 0) is 46.2 Å².